The third-order valence-corrected chi connectivity index (χ3v) is 5.29. The molecule has 0 saturated carbocycles. The summed E-state index contributed by atoms with van der Waals surface area (Å²) in [6, 6.07) is 0.0133. The summed E-state index contributed by atoms with van der Waals surface area (Å²) >= 11 is 0. The Bertz CT molecular complexity index is 652. The molecule has 6 nitrogen and oxygen atoms in total. The second kappa shape index (κ2) is 7.62. The van der Waals surface area contributed by atoms with Gasteiger partial charge < -0.3 is 15.7 Å². The minimum absolute atomic E-state index is 0.0133. The molecule has 25 heavy (non-hydrogen) atoms. The standard InChI is InChI=1S/C19H28N2O4/c1-11-12(2)17(23)15(13(3)16(11)22)7-8-19(4,25)18(24)21-14-6-5-9-20-10-14/h14,20,25H,5-10H2,1-4H3,(H,21,24)/t14-,19-/m1/s1. The fourth-order valence-corrected chi connectivity index (χ4v) is 3.25. The minimum atomic E-state index is -1.59. The van der Waals surface area contributed by atoms with Gasteiger partial charge in [0.05, 0.1) is 0 Å². The van der Waals surface area contributed by atoms with E-state index in [9.17, 15) is 19.5 Å². The lowest BCUT2D eigenvalue weighted by atomic mass is 9.82. The molecule has 1 heterocycles. The Morgan fingerprint density at radius 3 is 2.44 bits per heavy atom. The van der Waals surface area contributed by atoms with Crippen LogP contribution in [0, 0.1) is 0 Å². The summed E-state index contributed by atoms with van der Waals surface area (Å²) in [7, 11) is 0. The highest BCUT2D eigenvalue weighted by Gasteiger charge is 2.34. The maximum atomic E-state index is 12.4. The third kappa shape index (κ3) is 4.25. The lowest BCUT2D eigenvalue weighted by Crippen LogP contribution is -2.52. The fraction of sp³-hybridized carbons (Fsp3) is 0.632. The van der Waals surface area contributed by atoms with Crippen LogP contribution in [0.2, 0.25) is 0 Å². The zero-order chi connectivity index (χ0) is 18.8. The first-order valence-corrected chi connectivity index (χ1v) is 8.86. The molecule has 1 aliphatic heterocycles. The van der Waals surface area contributed by atoms with Gasteiger partial charge in [0.15, 0.2) is 11.6 Å². The van der Waals surface area contributed by atoms with Crippen LogP contribution in [0.15, 0.2) is 22.3 Å². The van der Waals surface area contributed by atoms with E-state index in [0.717, 1.165) is 19.4 Å². The number of rotatable bonds is 5. The zero-order valence-electron chi connectivity index (χ0n) is 15.5. The van der Waals surface area contributed by atoms with Crippen molar-refractivity contribution in [3.05, 3.63) is 22.3 Å². The second-order valence-electron chi connectivity index (χ2n) is 7.30. The molecule has 1 fully saturated rings. The summed E-state index contributed by atoms with van der Waals surface area (Å²) in [5.74, 6) is -0.732. The number of hydrogen-bond acceptors (Lipinski definition) is 5. The number of hydrogen-bond donors (Lipinski definition) is 3. The number of amides is 1. The minimum Gasteiger partial charge on any atom is -0.380 e. The molecule has 1 aliphatic carbocycles. The van der Waals surface area contributed by atoms with Crippen LogP contribution < -0.4 is 10.6 Å². The van der Waals surface area contributed by atoms with Crippen molar-refractivity contribution in [2.75, 3.05) is 13.1 Å². The highest BCUT2D eigenvalue weighted by atomic mass is 16.3. The van der Waals surface area contributed by atoms with Crippen molar-refractivity contribution in [3.8, 4) is 0 Å². The van der Waals surface area contributed by atoms with E-state index in [1.54, 1.807) is 20.8 Å². The van der Waals surface area contributed by atoms with Gasteiger partial charge in [-0.05, 0) is 59.9 Å². The van der Waals surface area contributed by atoms with Crippen LogP contribution >= 0.6 is 0 Å². The van der Waals surface area contributed by atoms with Crippen molar-refractivity contribution in [1.29, 1.82) is 0 Å². The van der Waals surface area contributed by atoms with Gasteiger partial charge in [0.2, 0.25) is 0 Å². The summed E-state index contributed by atoms with van der Waals surface area (Å²) in [6.45, 7) is 8.02. The number of allylic oxidation sites excluding steroid dienone is 4. The van der Waals surface area contributed by atoms with Crippen molar-refractivity contribution in [1.82, 2.24) is 10.6 Å². The van der Waals surface area contributed by atoms with E-state index >= 15 is 0 Å². The van der Waals surface area contributed by atoms with E-state index in [1.165, 1.54) is 6.92 Å². The molecule has 1 amide bonds. The van der Waals surface area contributed by atoms with Crippen LogP contribution in [0.1, 0.15) is 53.4 Å². The molecule has 0 aromatic rings. The normalized spacial score (nSPS) is 24.4. The first-order valence-electron chi connectivity index (χ1n) is 8.86. The van der Waals surface area contributed by atoms with Crippen LogP contribution in [-0.4, -0.2) is 47.3 Å². The largest absolute Gasteiger partial charge is 0.380 e. The molecule has 0 aromatic heterocycles. The van der Waals surface area contributed by atoms with Crippen molar-refractivity contribution in [2.24, 2.45) is 0 Å². The lowest BCUT2D eigenvalue weighted by Gasteiger charge is -2.29. The predicted molar refractivity (Wildman–Crippen MR) is 95.0 cm³/mol. The Kier molecular flexibility index (Phi) is 5.95. The number of Topliss-reactive ketones (excluding diaryl/α,β-unsaturated/α-hetero) is 2. The molecule has 0 unspecified atom stereocenters. The summed E-state index contributed by atoms with van der Waals surface area (Å²) < 4.78 is 0. The summed E-state index contributed by atoms with van der Waals surface area (Å²) in [4.78, 5) is 37.0. The van der Waals surface area contributed by atoms with Crippen molar-refractivity contribution in [2.45, 2.75) is 65.0 Å². The second-order valence-corrected chi connectivity index (χ2v) is 7.30. The molecule has 138 valence electrons. The number of ketones is 2. The van der Waals surface area contributed by atoms with Gasteiger partial charge in [-0.25, -0.2) is 0 Å². The van der Waals surface area contributed by atoms with Gasteiger partial charge in [-0.15, -0.1) is 0 Å². The van der Waals surface area contributed by atoms with Gasteiger partial charge in [-0.1, -0.05) is 0 Å². The fourth-order valence-electron chi connectivity index (χ4n) is 3.25. The predicted octanol–water partition coefficient (Wildman–Crippen LogP) is 1.19. The number of piperidine rings is 1. The van der Waals surface area contributed by atoms with Gasteiger partial charge in [0.1, 0.15) is 5.60 Å². The molecule has 6 heteroatoms. The first-order chi connectivity index (χ1) is 11.6. The summed E-state index contributed by atoms with van der Waals surface area (Å²) in [5.41, 5.74) is 0.155. The highest BCUT2D eigenvalue weighted by Crippen LogP contribution is 2.29. The van der Waals surface area contributed by atoms with Crippen LogP contribution in [0.25, 0.3) is 0 Å². The lowest BCUT2D eigenvalue weighted by molar-refractivity contribution is -0.139. The maximum Gasteiger partial charge on any atom is 0.251 e. The maximum absolute atomic E-state index is 12.4. The van der Waals surface area contributed by atoms with Crippen LogP contribution in [0.4, 0.5) is 0 Å². The zero-order valence-corrected chi connectivity index (χ0v) is 15.5. The molecule has 2 atom stereocenters. The van der Waals surface area contributed by atoms with Gasteiger partial charge >= 0.3 is 0 Å². The average Bonchev–Trinajstić information content (AvgIpc) is 2.59. The molecule has 1 saturated heterocycles. The van der Waals surface area contributed by atoms with Crippen molar-refractivity contribution < 1.29 is 19.5 Å². The van der Waals surface area contributed by atoms with E-state index in [0.29, 0.717) is 28.8 Å². The summed E-state index contributed by atoms with van der Waals surface area (Å²) in [6.07, 6.45) is 2.16. The van der Waals surface area contributed by atoms with Crippen LogP contribution in [0.5, 0.6) is 0 Å². The van der Waals surface area contributed by atoms with Crippen LogP contribution in [-0.2, 0) is 14.4 Å². The highest BCUT2D eigenvalue weighted by molar-refractivity contribution is 6.24. The molecule has 0 spiro atoms. The number of aliphatic hydroxyl groups is 1. The van der Waals surface area contributed by atoms with E-state index in [1.807, 2.05) is 0 Å². The average molecular weight is 348 g/mol. The number of nitrogens with one attached hydrogen (secondary N) is 2. The smallest absolute Gasteiger partial charge is 0.251 e. The molecule has 3 N–H and O–H groups in total. The van der Waals surface area contributed by atoms with Gasteiger partial charge in [-0.2, -0.15) is 0 Å². The van der Waals surface area contributed by atoms with Crippen LogP contribution in [0.3, 0.4) is 0 Å². The summed E-state index contributed by atoms with van der Waals surface area (Å²) in [5, 5.41) is 16.6. The van der Waals surface area contributed by atoms with E-state index < -0.39 is 11.5 Å². The Labute approximate surface area is 148 Å². The Morgan fingerprint density at radius 1 is 1.20 bits per heavy atom. The topological polar surface area (TPSA) is 95.5 Å². The number of carbonyl (C=O) groups excluding carboxylic acids is 3. The van der Waals surface area contributed by atoms with E-state index in [-0.39, 0.29) is 30.4 Å². The van der Waals surface area contributed by atoms with Gasteiger partial charge in [0, 0.05) is 34.9 Å². The van der Waals surface area contributed by atoms with Gasteiger partial charge in [0.25, 0.3) is 5.91 Å². The third-order valence-electron chi connectivity index (χ3n) is 5.29. The molecular formula is C19H28N2O4. The molecule has 2 rings (SSSR count). The quantitative estimate of drug-likeness (QED) is 0.649. The van der Waals surface area contributed by atoms with E-state index in [2.05, 4.69) is 10.6 Å². The SMILES string of the molecule is CC1=C(C)C(=O)C(CC[C@@](C)(O)C(=O)N[C@@H]2CCCNC2)=C(C)C1=O. The molecule has 0 aromatic carbocycles. The molecule has 0 radical (unpaired) electrons. The molecule has 2 aliphatic rings. The van der Waals surface area contributed by atoms with Crippen molar-refractivity contribution >= 4 is 17.5 Å². The van der Waals surface area contributed by atoms with Crippen molar-refractivity contribution in [3.63, 3.8) is 0 Å². The monoisotopic (exact) mass is 348 g/mol. The van der Waals surface area contributed by atoms with E-state index in [4.69, 9.17) is 0 Å². The number of carbonyl (C=O) groups is 3. The molecule has 0 bridgehead atoms. The van der Waals surface area contributed by atoms with Gasteiger partial charge in [-0.3, -0.25) is 14.4 Å². The Hall–Kier alpha value is -1.79. The Balaban J connectivity index is 2.02. The molecular weight excluding hydrogens is 320 g/mol. The Morgan fingerprint density at radius 2 is 1.84 bits per heavy atom. The first kappa shape index (κ1) is 19.5.